The van der Waals surface area contributed by atoms with Crippen LogP contribution in [0.4, 0.5) is 5.69 Å². The van der Waals surface area contributed by atoms with Gasteiger partial charge in [-0.1, -0.05) is 109 Å². The summed E-state index contributed by atoms with van der Waals surface area (Å²) in [5, 5.41) is 0. The smallest absolute Gasteiger partial charge is 0.251 e. The zero-order valence-electron chi connectivity index (χ0n) is 22.0. The fourth-order valence-corrected chi connectivity index (χ4v) is 5.95. The number of rotatable bonds is 5. The van der Waals surface area contributed by atoms with Crippen LogP contribution in [0.5, 0.6) is 0 Å². The standard InChI is InChI=1S/C35H33NO/c1-5-15-33(37)36-32-23-22-30(24-31(32)26(2)25-34(36,3)4)35(27-16-9-6-10-17-27,28-18-11-7-12-19-28)29-20-13-8-14-21-29/h5-25H,1-4H3. The van der Waals surface area contributed by atoms with Crippen LogP contribution in [-0.4, -0.2) is 11.4 Å². The monoisotopic (exact) mass is 483 g/mol. The Morgan fingerprint density at radius 3 is 1.68 bits per heavy atom. The van der Waals surface area contributed by atoms with Gasteiger partial charge in [-0.3, -0.25) is 9.69 Å². The fourth-order valence-electron chi connectivity index (χ4n) is 5.95. The van der Waals surface area contributed by atoms with E-state index >= 15 is 0 Å². The van der Waals surface area contributed by atoms with E-state index in [0.29, 0.717) is 0 Å². The molecule has 0 saturated carbocycles. The molecule has 37 heavy (non-hydrogen) atoms. The molecule has 1 aliphatic rings. The summed E-state index contributed by atoms with van der Waals surface area (Å²) in [4.78, 5) is 15.2. The van der Waals surface area contributed by atoms with E-state index in [1.54, 1.807) is 6.08 Å². The molecular weight excluding hydrogens is 450 g/mol. The first-order chi connectivity index (χ1) is 17.9. The van der Waals surface area contributed by atoms with Crippen molar-refractivity contribution in [2.24, 2.45) is 0 Å². The quantitative estimate of drug-likeness (QED) is 0.207. The number of amides is 1. The van der Waals surface area contributed by atoms with Gasteiger partial charge >= 0.3 is 0 Å². The zero-order chi connectivity index (χ0) is 26.0. The lowest BCUT2D eigenvalue weighted by molar-refractivity contribution is -0.114. The number of carbonyl (C=O) groups is 1. The zero-order valence-corrected chi connectivity index (χ0v) is 22.0. The lowest BCUT2D eigenvalue weighted by atomic mass is 9.64. The third-order valence-corrected chi connectivity index (χ3v) is 7.39. The molecule has 0 fully saturated rings. The summed E-state index contributed by atoms with van der Waals surface area (Å²) < 4.78 is 0. The van der Waals surface area contributed by atoms with Crippen LogP contribution in [0, 0.1) is 0 Å². The predicted molar refractivity (Wildman–Crippen MR) is 155 cm³/mol. The van der Waals surface area contributed by atoms with Crippen LogP contribution in [0.3, 0.4) is 0 Å². The second-order valence-electron chi connectivity index (χ2n) is 10.2. The highest BCUT2D eigenvalue weighted by Gasteiger charge is 2.40. The third-order valence-electron chi connectivity index (χ3n) is 7.39. The van der Waals surface area contributed by atoms with Crippen LogP contribution in [0.2, 0.25) is 0 Å². The Hall–Kier alpha value is -4.17. The van der Waals surface area contributed by atoms with Crippen LogP contribution in [0.25, 0.3) is 5.57 Å². The van der Waals surface area contributed by atoms with Crippen LogP contribution in [-0.2, 0) is 10.2 Å². The van der Waals surface area contributed by atoms with E-state index in [9.17, 15) is 4.79 Å². The first kappa shape index (κ1) is 24.5. The molecule has 2 heteroatoms. The Bertz CT molecular complexity index is 1370. The van der Waals surface area contributed by atoms with Gasteiger partial charge in [0.2, 0.25) is 0 Å². The van der Waals surface area contributed by atoms with Crippen molar-refractivity contribution < 1.29 is 4.79 Å². The summed E-state index contributed by atoms with van der Waals surface area (Å²) in [7, 11) is 0. The van der Waals surface area contributed by atoms with Gasteiger partial charge in [0.25, 0.3) is 5.91 Å². The van der Waals surface area contributed by atoms with Crippen molar-refractivity contribution in [1.29, 1.82) is 0 Å². The molecule has 4 aromatic carbocycles. The van der Waals surface area contributed by atoms with Gasteiger partial charge in [0.1, 0.15) is 0 Å². The molecule has 0 N–H and O–H groups in total. The van der Waals surface area contributed by atoms with Gasteiger partial charge in [-0.05, 0) is 73.7 Å². The van der Waals surface area contributed by atoms with Crippen molar-refractivity contribution in [1.82, 2.24) is 0 Å². The number of anilines is 1. The third kappa shape index (κ3) is 4.13. The second-order valence-corrected chi connectivity index (χ2v) is 10.2. The average molecular weight is 484 g/mol. The van der Waals surface area contributed by atoms with E-state index in [1.807, 2.05) is 17.9 Å². The molecule has 1 heterocycles. The van der Waals surface area contributed by atoms with Gasteiger partial charge in [-0.15, -0.1) is 0 Å². The molecule has 0 radical (unpaired) electrons. The Labute approximate surface area is 220 Å². The number of benzene rings is 4. The summed E-state index contributed by atoms with van der Waals surface area (Å²) >= 11 is 0. The summed E-state index contributed by atoms with van der Waals surface area (Å²) in [6, 6.07) is 38.8. The largest absolute Gasteiger partial charge is 0.299 e. The van der Waals surface area contributed by atoms with E-state index in [2.05, 4.69) is 136 Å². The Morgan fingerprint density at radius 2 is 1.22 bits per heavy atom. The molecule has 1 amide bonds. The second kappa shape index (κ2) is 9.71. The summed E-state index contributed by atoms with van der Waals surface area (Å²) in [6.45, 7) is 8.22. The molecule has 0 unspecified atom stereocenters. The maximum Gasteiger partial charge on any atom is 0.251 e. The molecule has 2 nitrogen and oxygen atoms in total. The SMILES string of the molecule is CC=CC(=O)N1c2ccc(C(c3ccccc3)(c3ccccc3)c3ccccc3)cc2C(C)=CC1(C)C. The highest BCUT2D eigenvalue weighted by molar-refractivity contribution is 6.06. The van der Waals surface area contributed by atoms with Crippen LogP contribution < -0.4 is 4.90 Å². The van der Waals surface area contributed by atoms with Crippen LogP contribution >= 0.6 is 0 Å². The highest BCUT2D eigenvalue weighted by Crippen LogP contribution is 2.48. The first-order valence-electron chi connectivity index (χ1n) is 12.9. The van der Waals surface area contributed by atoms with Crippen molar-refractivity contribution >= 4 is 17.2 Å². The molecular formula is C35H33NO. The van der Waals surface area contributed by atoms with Crippen molar-refractivity contribution in [3.63, 3.8) is 0 Å². The van der Waals surface area contributed by atoms with Crippen molar-refractivity contribution in [2.75, 3.05) is 4.90 Å². The maximum absolute atomic E-state index is 13.2. The topological polar surface area (TPSA) is 20.3 Å². The molecule has 0 aliphatic carbocycles. The van der Waals surface area contributed by atoms with E-state index in [0.717, 1.165) is 11.3 Å². The predicted octanol–water partition coefficient (Wildman–Crippen LogP) is 8.17. The van der Waals surface area contributed by atoms with Crippen LogP contribution in [0.1, 0.15) is 55.5 Å². The summed E-state index contributed by atoms with van der Waals surface area (Å²) in [5.74, 6) is -0.00862. The fraction of sp³-hybridized carbons (Fsp3) is 0.171. The number of fused-ring (bicyclic) bond motifs is 1. The minimum atomic E-state index is -0.524. The van der Waals surface area contributed by atoms with E-state index in [4.69, 9.17) is 0 Å². The highest BCUT2D eigenvalue weighted by atomic mass is 16.2. The molecule has 4 aromatic rings. The summed E-state index contributed by atoms with van der Waals surface area (Å²) in [6.07, 6.45) is 5.66. The van der Waals surface area contributed by atoms with Crippen LogP contribution in [0.15, 0.2) is 127 Å². The van der Waals surface area contributed by atoms with E-state index < -0.39 is 11.0 Å². The number of hydrogen-bond donors (Lipinski definition) is 0. The number of allylic oxidation sites excluding steroid dienone is 2. The molecule has 184 valence electrons. The molecule has 0 bridgehead atoms. The number of hydrogen-bond acceptors (Lipinski definition) is 1. The molecule has 0 spiro atoms. The minimum Gasteiger partial charge on any atom is -0.299 e. The molecule has 0 atom stereocenters. The van der Waals surface area contributed by atoms with Gasteiger partial charge < -0.3 is 0 Å². The van der Waals surface area contributed by atoms with Crippen molar-refractivity contribution in [3.8, 4) is 0 Å². The molecule has 0 aromatic heterocycles. The molecule has 0 saturated heterocycles. The van der Waals surface area contributed by atoms with Gasteiger partial charge in [0.05, 0.1) is 16.6 Å². The average Bonchev–Trinajstić information content (AvgIpc) is 2.91. The van der Waals surface area contributed by atoms with Gasteiger partial charge in [-0.2, -0.15) is 0 Å². The normalized spacial score (nSPS) is 14.8. The lowest BCUT2D eigenvalue weighted by Gasteiger charge is -2.42. The Morgan fingerprint density at radius 1 is 0.730 bits per heavy atom. The number of nitrogens with zero attached hydrogens (tertiary/aromatic N) is 1. The lowest BCUT2D eigenvalue weighted by Crippen LogP contribution is -2.48. The minimum absolute atomic E-state index is 0.00862. The van der Waals surface area contributed by atoms with Gasteiger partial charge in [0, 0.05) is 5.56 Å². The van der Waals surface area contributed by atoms with E-state index in [-0.39, 0.29) is 5.91 Å². The van der Waals surface area contributed by atoms with E-state index in [1.165, 1.54) is 27.8 Å². The molecule has 1 aliphatic heterocycles. The maximum atomic E-state index is 13.2. The van der Waals surface area contributed by atoms with Gasteiger partial charge in [-0.25, -0.2) is 0 Å². The molecule has 5 rings (SSSR count). The van der Waals surface area contributed by atoms with Gasteiger partial charge in [0.15, 0.2) is 0 Å². The number of carbonyl (C=O) groups excluding carboxylic acids is 1. The first-order valence-corrected chi connectivity index (χ1v) is 12.9. The van der Waals surface area contributed by atoms with Crippen molar-refractivity contribution in [2.45, 2.75) is 38.6 Å². The summed E-state index contributed by atoms with van der Waals surface area (Å²) in [5.41, 5.74) is 7.03. The Balaban J connectivity index is 1.84. The van der Waals surface area contributed by atoms with Crippen molar-refractivity contribution in [3.05, 3.63) is 155 Å². The Kier molecular flexibility index (Phi) is 6.43.